The Bertz CT molecular complexity index is 769. The van der Waals surface area contributed by atoms with Gasteiger partial charge in [-0.1, -0.05) is 41.9 Å². The fourth-order valence-corrected chi connectivity index (χ4v) is 2.95. The second-order valence-electron chi connectivity index (χ2n) is 5.38. The molecule has 0 atom stereocenters. The van der Waals surface area contributed by atoms with Crippen LogP contribution < -0.4 is 0 Å². The molecule has 0 bridgehead atoms. The molecule has 4 nitrogen and oxygen atoms in total. The van der Waals surface area contributed by atoms with E-state index < -0.39 is 0 Å². The van der Waals surface area contributed by atoms with E-state index in [9.17, 15) is 10.1 Å². The van der Waals surface area contributed by atoms with Crippen LogP contribution in [0.3, 0.4) is 0 Å². The van der Waals surface area contributed by atoms with Gasteiger partial charge in [-0.25, -0.2) is 4.79 Å². The van der Waals surface area contributed by atoms with Crippen molar-refractivity contribution in [1.29, 1.82) is 5.26 Å². The first-order valence-electron chi connectivity index (χ1n) is 7.35. The number of carbonyl (C=O) groups is 1. The van der Waals surface area contributed by atoms with Gasteiger partial charge in [0, 0.05) is 11.6 Å². The lowest BCUT2D eigenvalue weighted by molar-refractivity contribution is 0.0918. The lowest BCUT2D eigenvalue weighted by atomic mass is 9.95. The number of nitriles is 1. The molecule has 116 valence electrons. The number of hydrogen-bond acceptors (Lipinski definition) is 3. The molecule has 2 aromatic carbocycles. The predicted molar refractivity (Wildman–Crippen MR) is 86.9 cm³/mol. The number of rotatable bonds is 2. The molecule has 1 aliphatic rings. The fraction of sp³-hybridized carbons (Fsp3) is 0.222. The summed E-state index contributed by atoms with van der Waals surface area (Å²) in [6.45, 7) is 1.14. The molecular weight excluding hydrogens is 312 g/mol. The normalized spacial score (nSPS) is 13.1. The van der Waals surface area contributed by atoms with Crippen LogP contribution in [0.15, 0.2) is 42.5 Å². The standard InChI is InChI=1S/C18H15ClN2O2/c19-17-7-6-14(10-20)15-8-9-21(11-16(15)17)18(22)23-12-13-4-2-1-3-5-13/h1-7H,8-9,11-12H2. The third kappa shape index (κ3) is 3.30. The highest BCUT2D eigenvalue weighted by atomic mass is 35.5. The Kier molecular flexibility index (Phi) is 4.50. The summed E-state index contributed by atoms with van der Waals surface area (Å²) in [5.41, 5.74) is 3.35. The molecule has 0 saturated heterocycles. The zero-order chi connectivity index (χ0) is 16.2. The summed E-state index contributed by atoms with van der Waals surface area (Å²) in [4.78, 5) is 13.9. The van der Waals surface area contributed by atoms with E-state index in [1.54, 1.807) is 17.0 Å². The van der Waals surface area contributed by atoms with Crippen molar-refractivity contribution in [2.45, 2.75) is 19.6 Å². The van der Waals surface area contributed by atoms with Crippen LogP contribution in [0.25, 0.3) is 0 Å². The molecule has 0 unspecified atom stereocenters. The van der Waals surface area contributed by atoms with Gasteiger partial charge >= 0.3 is 6.09 Å². The minimum absolute atomic E-state index is 0.245. The number of halogens is 1. The predicted octanol–water partition coefficient (Wildman–Crippen LogP) is 3.91. The maximum absolute atomic E-state index is 12.2. The Morgan fingerprint density at radius 2 is 2.00 bits per heavy atom. The summed E-state index contributed by atoms with van der Waals surface area (Å²) >= 11 is 6.23. The monoisotopic (exact) mass is 326 g/mol. The van der Waals surface area contributed by atoms with E-state index in [4.69, 9.17) is 16.3 Å². The van der Waals surface area contributed by atoms with Gasteiger partial charge in [-0.2, -0.15) is 5.26 Å². The van der Waals surface area contributed by atoms with Crippen LogP contribution in [-0.2, 0) is 24.3 Å². The summed E-state index contributed by atoms with van der Waals surface area (Å²) in [7, 11) is 0. The summed E-state index contributed by atoms with van der Waals surface area (Å²) < 4.78 is 5.36. The van der Waals surface area contributed by atoms with Gasteiger partial charge in [0.15, 0.2) is 0 Å². The second-order valence-corrected chi connectivity index (χ2v) is 5.78. The summed E-state index contributed by atoms with van der Waals surface area (Å²) in [5, 5.41) is 9.75. The van der Waals surface area contributed by atoms with Crippen molar-refractivity contribution in [3.05, 3.63) is 69.7 Å². The molecule has 23 heavy (non-hydrogen) atoms. The Hall–Kier alpha value is -2.51. The maximum Gasteiger partial charge on any atom is 0.410 e. The molecular formula is C18H15ClN2O2. The molecule has 0 saturated carbocycles. The first-order valence-corrected chi connectivity index (χ1v) is 7.73. The van der Waals surface area contributed by atoms with E-state index in [0.717, 1.165) is 16.7 Å². The quantitative estimate of drug-likeness (QED) is 0.840. The second kappa shape index (κ2) is 6.72. The molecule has 0 fully saturated rings. The van der Waals surface area contributed by atoms with Gasteiger partial charge < -0.3 is 9.64 Å². The van der Waals surface area contributed by atoms with E-state index >= 15 is 0 Å². The van der Waals surface area contributed by atoms with Gasteiger partial charge in [-0.05, 0) is 35.2 Å². The van der Waals surface area contributed by atoms with Crippen molar-refractivity contribution in [2.24, 2.45) is 0 Å². The van der Waals surface area contributed by atoms with Gasteiger partial charge in [-0.15, -0.1) is 0 Å². The maximum atomic E-state index is 12.2. The molecule has 1 amide bonds. The number of nitrogens with zero attached hydrogens (tertiary/aromatic N) is 2. The average molecular weight is 327 g/mol. The largest absolute Gasteiger partial charge is 0.445 e. The molecule has 1 heterocycles. The smallest absolute Gasteiger partial charge is 0.410 e. The molecule has 0 spiro atoms. The van der Waals surface area contributed by atoms with Gasteiger partial charge in [0.25, 0.3) is 0 Å². The lowest BCUT2D eigenvalue weighted by Crippen LogP contribution is -2.36. The SMILES string of the molecule is N#Cc1ccc(Cl)c2c1CCN(C(=O)OCc1ccccc1)C2. The van der Waals surface area contributed by atoms with E-state index in [0.29, 0.717) is 30.1 Å². The van der Waals surface area contributed by atoms with Crippen LogP contribution >= 0.6 is 11.6 Å². The van der Waals surface area contributed by atoms with Crippen LogP contribution in [0.4, 0.5) is 4.79 Å². The molecule has 2 aromatic rings. The van der Waals surface area contributed by atoms with Gasteiger partial charge in [0.05, 0.1) is 18.2 Å². The highest BCUT2D eigenvalue weighted by molar-refractivity contribution is 6.31. The zero-order valence-electron chi connectivity index (χ0n) is 12.5. The van der Waals surface area contributed by atoms with E-state index in [-0.39, 0.29) is 12.7 Å². The highest BCUT2D eigenvalue weighted by Crippen LogP contribution is 2.29. The number of amides is 1. The molecule has 3 rings (SSSR count). The molecule has 5 heteroatoms. The molecule has 0 radical (unpaired) electrons. The Labute approximate surface area is 139 Å². The number of carbonyl (C=O) groups excluding carboxylic acids is 1. The average Bonchev–Trinajstić information content (AvgIpc) is 2.61. The van der Waals surface area contributed by atoms with Crippen LogP contribution in [0.1, 0.15) is 22.3 Å². The molecule has 0 N–H and O–H groups in total. The minimum Gasteiger partial charge on any atom is -0.445 e. The molecule has 0 aromatic heterocycles. The number of benzene rings is 2. The van der Waals surface area contributed by atoms with Crippen molar-refractivity contribution < 1.29 is 9.53 Å². The number of ether oxygens (including phenoxy) is 1. The van der Waals surface area contributed by atoms with Crippen molar-refractivity contribution >= 4 is 17.7 Å². The Morgan fingerprint density at radius 1 is 1.22 bits per heavy atom. The van der Waals surface area contributed by atoms with E-state index in [2.05, 4.69) is 6.07 Å². The lowest BCUT2D eigenvalue weighted by Gasteiger charge is -2.29. The Balaban J connectivity index is 1.70. The van der Waals surface area contributed by atoms with E-state index in [1.165, 1.54) is 0 Å². The number of hydrogen-bond donors (Lipinski definition) is 0. The first kappa shape index (κ1) is 15.4. The fourth-order valence-electron chi connectivity index (χ4n) is 2.71. The topological polar surface area (TPSA) is 53.3 Å². The van der Waals surface area contributed by atoms with Gasteiger partial charge in [-0.3, -0.25) is 0 Å². The van der Waals surface area contributed by atoms with Gasteiger partial charge in [0.1, 0.15) is 6.61 Å². The zero-order valence-corrected chi connectivity index (χ0v) is 13.2. The van der Waals surface area contributed by atoms with Crippen molar-refractivity contribution in [2.75, 3.05) is 6.54 Å². The summed E-state index contributed by atoms with van der Waals surface area (Å²) in [5.74, 6) is 0. The molecule has 0 aliphatic carbocycles. The van der Waals surface area contributed by atoms with Crippen molar-refractivity contribution in [3.8, 4) is 6.07 Å². The molecule has 1 aliphatic heterocycles. The van der Waals surface area contributed by atoms with Gasteiger partial charge in [0.2, 0.25) is 0 Å². The first-order chi connectivity index (χ1) is 11.2. The minimum atomic E-state index is -0.363. The Morgan fingerprint density at radius 3 is 2.74 bits per heavy atom. The number of fused-ring (bicyclic) bond motifs is 1. The van der Waals surface area contributed by atoms with Crippen LogP contribution in [-0.4, -0.2) is 17.5 Å². The third-order valence-corrected chi connectivity index (χ3v) is 4.29. The highest BCUT2D eigenvalue weighted by Gasteiger charge is 2.25. The summed E-state index contributed by atoms with van der Waals surface area (Å²) in [6.07, 6.45) is 0.247. The van der Waals surface area contributed by atoms with E-state index in [1.807, 2.05) is 30.3 Å². The van der Waals surface area contributed by atoms with Crippen LogP contribution in [0.5, 0.6) is 0 Å². The van der Waals surface area contributed by atoms with Crippen molar-refractivity contribution in [1.82, 2.24) is 4.90 Å². The van der Waals surface area contributed by atoms with Crippen LogP contribution in [0, 0.1) is 11.3 Å². The van der Waals surface area contributed by atoms with Crippen molar-refractivity contribution in [3.63, 3.8) is 0 Å². The summed E-state index contributed by atoms with van der Waals surface area (Å²) in [6, 6.07) is 15.2. The third-order valence-electron chi connectivity index (χ3n) is 3.94. The van der Waals surface area contributed by atoms with Crippen LogP contribution in [0.2, 0.25) is 5.02 Å².